The number of aliphatic hydroxyl groups is 1. The second-order valence-electron chi connectivity index (χ2n) is 5.32. The van der Waals surface area contributed by atoms with E-state index in [2.05, 4.69) is 10.2 Å². The molecule has 4 atom stereocenters. The summed E-state index contributed by atoms with van der Waals surface area (Å²) in [6.07, 6.45) is -4.36. The smallest absolute Gasteiger partial charge is 0.394 e. The van der Waals surface area contributed by atoms with Crippen molar-refractivity contribution in [2.45, 2.75) is 30.8 Å². The van der Waals surface area contributed by atoms with Crippen LogP contribution in [0.25, 0.3) is 0 Å². The van der Waals surface area contributed by atoms with Crippen LogP contribution in [0.2, 0.25) is 0 Å². The first kappa shape index (κ1) is 12.9. The molecule has 0 saturated carbocycles. The van der Waals surface area contributed by atoms with Gasteiger partial charge in [0, 0.05) is 6.54 Å². The van der Waals surface area contributed by atoms with Crippen LogP contribution in [-0.2, 0) is 6.18 Å². The number of halogens is 3. The number of nitrogens with one attached hydrogen (secondary N) is 1. The van der Waals surface area contributed by atoms with Crippen molar-refractivity contribution in [1.82, 2.24) is 10.2 Å². The minimum Gasteiger partial charge on any atom is -0.394 e. The topological polar surface area (TPSA) is 35.3 Å². The minimum absolute atomic E-state index is 0.151. The number of alkyl halides is 3. The SMILES string of the molecule is CC1(N[C@H](CO)c2cccc(C(F)(F)F)c2)C2CN21. The second kappa shape index (κ2) is 3.94. The summed E-state index contributed by atoms with van der Waals surface area (Å²) in [6, 6.07) is 5.12. The van der Waals surface area contributed by atoms with Crippen LogP contribution in [0.15, 0.2) is 24.3 Å². The summed E-state index contributed by atoms with van der Waals surface area (Å²) in [4.78, 5) is 2.18. The lowest BCUT2D eigenvalue weighted by atomic mass is 10.0. The van der Waals surface area contributed by atoms with Gasteiger partial charge < -0.3 is 5.11 Å². The molecule has 0 spiro atoms. The Balaban J connectivity index is 1.79. The highest BCUT2D eigenvalue weighted by atomic mass is 19.4. The van der Waals surface area contributed by atoms with Crippen molar-refractivity contribution in [3.8, 4) is 0 Å². The highest BCUT2D eigenvalue weighted by molar-refractivity contribution is 5.32. The lowest BCUT2D eigenvalue weighted by Crippen LogP contribution is -2.43. The summed E-state index contributed by atoms with van der Waals surface area (Å²) in [6.45, 7) is 2.80. The van der Waals surface area contributed by atoms with E-state index in [0.29, 0.717) is 11.6 Å². The molecule has 2 N–H and O–H groups in total. The fraction of sp³-hybridized carbons (Fsp3) is 0.538. The first-order chi connectivity index (χ1) is 8.86. The van der Waals surface area contributed by atoms with Gasteiger partial charge in [-0.05, 0) is 24.6 Å². The van der Waals surface area contributed by atoms with Crippen LogP contribution in [0.5, 0.6) is 0 Å². The van der Waals surface area contributed by atoms with Crippen LogP contribution >= 0.6 is 0 Å². The first-order valence-corrected chi connectivity index (χ1v) is 6.19. The summed E-state index contributed by atoms with van der Waals surface area (Å²) in [5.74, 6) is 0. The Hall–Kier alpha value is -1.11. The van der Waals surface area contributed by atoms with Gasteiger partial charge >= 0.3 is 6.18 Å². The number of nitrogens with zero attached hydrogens (tertiary/aromatic N) is 1. The van der Waals surface area contributed by atoms with Gasteiger partial charge in [0.2, 0.25) is 0 Å². The molecule has 104 valence electrons. The highest BCUT2D eigenvalue weighted by Gasteiger charge is 2.72. The molecule has 3 unspecified atom stereocenters. The van der Waals surface area contributed by atoms with Crippen molar-refractivity contribution in [3.63, 3.8) is 0 Å². The average Bonchev–Trinajstić information content (AvgIpc) is 3.25. The molecular weight excluding hydrogens is 257 g/mol. The molecule has 0 bridgehead atoms. The summed E-state index contributed by atoms with van der Waals surface area (Å²) in [7, 11) is 0. The van der Waals surface area contributed by atoms with E-state index in [-0.39, 0.29) is 12.3 Å². The number of rotatable bonds is 4. The number of benzene rings is 1. The number of fused-ring (bicyclic) bond motifs is 1. The molecule has 3 rings (SSSR count). The van der Waals surface area contributed by atoms with E-state index in [1.54, 1.807) is 6.07 Å². The Bertz CT molecular complexity index is 495. The highest BCUT2D eigenvalue weighted by Crippen LogP contribution is 2.53. The fourth-order valence-corrected chi connectivity index (χ4v) is 2.62. The van der Waals surface area contributed by atoms with Gasteiger partial charge in [-0.3, -0.25) is 10.2 Å². The van der Waals surface area contributed by atoms with Crippen LogP contribution in [0.1, 0.15) is 24.1 Å². The molecule has 1 aromatic rings. The first-order valence-electron chi connectivity index (χ1n) is 6.19. The summed E-state index contributed by atoms with van der Waals surface area (Å²) in [5.41, 5.74) is -0.371. The molecule has 2 aliphatic rings. The third-order valence-corrected chi connectivity index (χ3v) is 4.06. The summed E-state index contributed by atoms with van der Waals surface area (Å²) in [5, 5.41) is 12.6. The van der Waals surface area contributed by atoms with Gasteiger partial charge in [0.05, 0.1) is 29.9 Å². The van der Waals surface area contributed by atoms with E-state index in [4.69, 9.17) is 0 Å². The van der Waals surface area contributed by atoms with Crippen LogP contribution in [0, 0.1) is 0 Å². The molecule has 2 saturated heterocycles. The van der Waals surface area contributed by atoms with Gasteiger partial charge in [0.1, 0.15) is 0 Å². The average molecular weight is 272 g/mol. The lowest BCUT2D eigenvalue weighted by Gasteiger charge is -2.25. The third-order valence-electron chi connectivity index (χ3n) is 4.06. The minimum atomic E-state index is -4.36. The third kappa shape index (κ3) is 2.13. The van der Waals surface area contributed by atoms with Gasteiger partial charge in [-0.1, -0.05) is 12.1 Å². The normalized spacial score (nSPS) is 33.7. The van der Waals surface area contributed by atoms with E-state index in [0.717, 1.165) is 18.7 Å². The molecule has 6 heteroatoms. The van der Waals surface area contributed by atoms with Crippen molar-refractivity contribution >= 4 is 0 Å². The number of hydrogen-bond donors (Lipinski definition) is 2. The molecule has 2 heterocycles. The van der Waals surface area contributed by atoms with Crippen molar-refractivity contribution in [2.24, 2.45) is 0 Å². The quantitative estimate of drug-likeness (QED) is 0.820. The largest absolute Gasteiger partial charge is 0.416 e. The second-order valence-corrected chi connectivity index (χ2v) is 5.32. The van der Waals surface area contributed by atoms with Gasteiger partial charge in [0.15, 0.2) is 0 Å². The van der Waals surface area contributed by atoms with E-state index in [1.165, 1.54) is 6.07 Å². The van der Waals surface area contributed by atoms with Crippen molar-refractivity contribution in [3.05, 3.63) is 35.4 Å². The fourth-order valence-electron chi connectivity index (χ4n) is 2.62. The molecule has 0 aliphatic carbocycles. The maximum absolute atomic E-state index is 12.7. The van der Waals surface area contributed by atoms with E-state index < -0.39 is 17.8 Å². The predicted octanol–water partition coefficient (Wildman–Crippen LogP) is 1.74. The maximum atomic E-state index is 12.7. The monoisotopic (exact) mass is 272 g/mol. The van der Waals surface area contributed by atoms with Crippen LogP contribution in [0.3, 0.4) is 0 Å². The summed E-state index contributed by atoms with van der Waals surface area (Å²) >= 11 is 0. The Morgan fingerprint density at radius 1 is 1.53 bits per heavy atom. The van der Waals surface area contributed by atoms with Crippen LogP contribution in [-0.4, -0.2) is 34.9 Å². The molecule has 2 fully saturated rings. The van der Waals surface area contributed by atoms with Gasteiger partial charge in [-0.25, -0.2) is 0 Å². The standard InChI is InChI=1S/C13H15F3N2O/c1-12(11-6-18(11)12)17-10(7-19)8-3-2-4-9(5-8)13(14,15)16/h2-5,10-11,17,19H,6-7H2,1H3/t10-,11?,12?,18?/m1/s1. The number of aliphatic hydroxyl groups excluding tert-OH is 1. The molecule has 0 amide bonds. The molecule has 0 radical (unpaired) electrons. The number of hydrogen-bond acceptors (Lipinski definition) is 3. The predicted molar refractivity (Wildman–Crippen MR) is 63.3 cm³/mol. The van der Waals surface area contributed by atoms with E-state index >= 15 is 0 Å². The summed E-state index contributed by atoms with van der Waals surface area (Å²) < 4.78 is 38.0. The Kier molecular flexibility index (Phi) is 2.68. The van der Waals surface area contributed by atoms with E-state index in [9.17, 15) is 18.3 Å². The van der Waals surface area contributed by atoms with Crippen LogP contribution in [0.4, 0.5) is 13.2 Å². The molecule has 2 aliphatic heterocycles. The zero-order valence-corrected chi connectivity index (χ0v) is 10.4. The van der Waals surface area contributed by atoms with Gasteiger partial charge in [-0.15, -0.1) is 0 Å². The Labute approximate surface area is 109 Å². The molecule has 1 aromatic carbocycles. The Morgan fingerprint density at radius 2 is 2.21 bits per heavy atom. The molecular formula is C13H15F3N2O. The van der Waals surface area contributed by atoms with Crippen LogP contribution < -0.4 is 5.32 Å². The Morgan fingerprint density at radius 3 is 2.68 bits per heavy atom. The molecule has 0 aromatic heterocycles. The lowest BCUT2D eigenvalue weighted by molar-refractivity contribution is -0.137. The zero-order valence-electron chi connectivity index (χ0n) is 10.4. The zero-order chi connectivity index (χ0) is 13.8. The van der Waals surface area contributed by atoms with Gasteiger partial charge in [0.25, 0.3) is 0 Å². The van der Waals surface area contributed by atoms with Gasteiger partial charge in [-0.2, -0.15) is 13.2 Å². The van der Waals surface area contributed by atoms with Crippen molar-refractivity contribution in [1.29, 1.82) is 0 Å². The van der Waals surface area contributed by atoms with E-state index in [1.807, 2.05) is 6.92 Å². The maximum Gasteiger partial charge on any atom is 0.416 e. The molecule has 19 heavy (non-hydrogen) atoms. The molecule has 3 nitrogen and oxygen atoms in total. The van der Waals surface area contributed by atoms with Crippen molar-refractivity contribution < 1.29 is 18.3 Å². The van der Waals surface area contributed by atoms with Crippen molar-refractivity contribution in [2.75, 3.05) is 13.2 Å².